The molecule has 0 aliphatic carbocycles. The number of thioether (sulfide) groups is 1. The lowest BCUT2D eigenvalue weighted by Gasteiger charge is -2.17. The van der Waals surface area contributed by atoms with E-state index in [1.165, 1.54) is 16.2 Å². The second-order valence-corrected chi connectivity index (χ2v) is 8.86. The first-order chi connectivity index (χ1) is 14.4. The number of pyridine rings is 1. The molecule has 2 aromatic heterocycles. The van der Waals surface area contributed by atoms with E-state index in [0.717, 1.165) is 18.4 Å². The standard InChI is InChI=1S/C21H26N4O3S2/c1-4-6-9-25-20(28)16(30-21(25)29)11-15-17(22-14(5-2)12-26)23-18-13(3)8-7-10-24(18)19(15)27/h7-8,10-11,14,22,26H,4-6,9,12H2,1-3H3/b16-11-/t14-/m1/s1. The van der Waals surface area contributed by atoms with Crippen LogP contribution in [0.25, 0.3) is 11.7 Å². The molecule has 0 aromatic carbocycles. The van der Waals surface area contributed by atoms with Crippen LogP contribution in [0.4, 0.5) is 5.82 Å². The summed E-state index contributed by atoms with van der Waals surface area (Å²) >= 11 is 6.57. The monoisotopic (exact) mass is 446 g/mol. The molecule has 0 bridgehead atoms. The van der Waals surface area contributed by atoms with Gasteiger partial charge in [-0.25, -0.2) is 4.98 Å². The molecule has 1 fully saturated rings. The van der Waals surface area contributed by atoms with E-state index in [1.807, 2.05) is 19.9 Å². The van der Waals surface area contributed by atoms with E-state index >= 15 is 0 Å². The highest BCUT2D eigenvalue weighted by Gasteiger charge is 2.32. The van der Waals surface area contributed by atoms with Gasteiger partial charge < -0.3 is 10.4 Å². The van der Waals surface area contributed by atoms with Crippen LogP contribution in [0, 0.1) is 6.92 Å². The maximum atomic E-state index is 13.3. The second-order valence-electron chi connectivity index (χ2n) is 7.18. The Labute approximate surface area is 185 Å². The van der Waals surface area contributed by atoms with Crippen LogP contribution in [-0.4, -0.2) is 48.8 Å². The normalized spacial score (nSPS) is 16.7. The number of thiocarbonyl (C=S) groups is 1. The maximum Gasteiger partial charge on any atom is 0.267 e. The molecule has 1 aliphatic rings. The van der Waals surface area contributed by atoms with Crippen LogP contribution in [0.3, 0.4) is 0 Å². The average Bonchev–Trinajstić information content (AvgIpc) is 3.00. The first-order valence-electron chi connectivity index (χ1n) is 10.1. The van der Waals surface area contributed by atoms with E-state index in [9.17, 15) is 14.7 Å². The molecule has 0 saturated carbocycles. The molecule has 0 spiro atoms. The van der Waals surface area contributed by atoms with Gasteiger partial charge in [-0.05, 0) is 37.5 Å². The number of aryl methyl sites for hydroxylation is 1. The Morgan fingerprint density at radius 2 is 2.13 bits per heavy atom. The number of amides is 1. The Morgan fingerprint density at radius 3 is 2.80 bits per heavy atom. The van der Waals surface area contributed by atoms with E-state index < -0.39 is 0 Å². The number of aromatic nitrogens is 2. The number of nitrogens with one attached hydrogen (secondary N) is 1. The molecule has 2 N–H and O–H groups in total. The fraction of sp³-hybridized carbons (Fsp3) is 0.429. The Hall–Kier alpha value is -2.23. The van der Waals surface area contributed by atoms with E-state index in [1.54, 1.807) is 23.2 Å². The molecule has 1 saturated heterocycles. The van der Waals surface area contributed by atoms with Gasteiger partial charge in [0, 0.05) is 12.7 Å². The molecule has 3 rings (SSSR count). The van der Waals surface area contributed by atoms with Gasteiger partial charge in [-0.15, -0.1) is 0 Å². The lowest BCUT2D eigenvalue weighted by Crippen LogP contribution is -2.29. The fourth-order valence-electron chi connectivity index (χ4n) is 3.16. The molecule has 2 aromatic rings. The van der Waals surface area contributed by atoms with Crippen molar-refractivity contribution in [2.75, 3.05) is 18.5 Å². The first-order valence-corrected chi connectivity index (χ1v) is 11.3. The predicted molar refractivity (Wildman–Crippen MR) is 126 cm³/mol. The quantitative estimate of drug-likeness (QED) is 0.476. The number of anilines is 1. The predicted octanol–water partition coefficient (Wildman–Crippen LogP) is 3.19. The van der Waals surface area contributed by atoms with Gasteiger partial charge in [0.25, 0.3) is 11.5 Å². The summed E-state index contributed by atoms with van der Waals surface area (Å²) in [4.78, 5) is 32.8. The molecule has 7 nitrogen and oxygen atoms in total. The molecular weight excluding hydrogens is 420 g/mol. The van der Waals surface area contributed by atoms with Gasteiger partial charge >= 0.3 is 0 Å². The molecular formula is C21H26N4O3S2. The van der Waals surface area contributed by atoms with Gasteiger partial charge in [-0.2, -0.15) is 0 Å². The topological polar surface area (TPSA) is 86.9 Å². The Bertz CT molecular complexity index is 1060. The smallest absolute Gasteiger partial charge is 0.267 e. The number of unbranched alkanes of at least 4 members (excludes halogenated alkanes) is 1. The summed E-state index contributed by atoms with van der Waals surface area (Å²) in [7, 11) is 0. The minimum atomic E-state index is -0.280. The minimum absolute atomic E-state index is 0.0934. The number of carbonyl (C=O) groups excluding carboxylic acids is 1. The minimum Gasteiger partial charge on any atom is -0.394 e. The van der Waals surface area contributed by atoms with Crippen molar-refractivity contribution in [1.29, 1.82) is 0 Å². The summed E-state index contributed by atoms with van der Waals surface area (Å²) in [5.74, 6) is 0.168. The van der Waals surface area contributed by atoms with Crippen molar-refractivity contribution in [2.45, 2.75) is 46.1 Å². The molecule has 3 heterocycles. The third-order valence-corrected chi connectivity index (χ3v) is 6.40. The van der Waals surface area contributed by atoms with Crippen LogP contribution < -0.4 is 10.9 Å². The number of hydrogen-bond donors (Lipinski definition) is 2. The number of fused-ring (bicyclic) bond motifs is 1. The lowest BCUT2D eigenvalue weighted by atomic mass is 10.2. The lowest BCUT2D eigenvalue weighted by molar-refractivity contribution is -0.122. The van der Waals surface area contributed by atoms with Gasteiger partial charge in [0.2, 0.25) is 0 Å². The SMILES string of the molecule is CCCCN1C(=O)/C(=C/c2c(N[C@H](CC)CO)nc3c(C)cccn3c2=O)SC1=S. The molecule has 9 heteroatoms. The summed E-state index contributed by atoms with van der Waals surface area (Å²) in [5.41, 5.74) is 1.39. The molecule has 1 atom stereocenters. The zero-order valence-electron chi connectivity index (χ0n) is 17.3. The Morgan fingerprint density at radius 1 is 1.37 bits per heavy atom. The van der Waals surface area contributed by atoms with Gasteiger partial charge in [-0.1, -0.05) is 50.3 Å². The van der Waals surface area contributed by atoms with Gasteiger partial charge in [0.05, 0.1) is 23.1 Å². The van der Waals surface area contributed by atoms with Crippen LogP contribution in [0.2, 0.25) is 0 Å². The molecule has 0 unspecified atom stereocenters. The highest BCUT2D eigenvalue weighted by Crippen LogP contribution is 2.33. The van der Waals surface area contributed by atoms with E-state index in [4.69, 9.17) is 12.2 Å². The van der Waals surface area contributed by atoms with Gasteiger partial charge in [0.1, 0.15) is 15.8 Å². The van der Waals surface area contributed by atoms with Crippen molar-refractivity contribution >= 4 is 51.7 Å². The summed E-state index contributed by atoms with van der Waals surface area (Å²) in [6, 6.07) is 3.41. The molecule has 160 valence electrons. The summed E-state index contributed by atoms with van der Waals surface area (Å²) in [6.07, 6.45) is 5.71. The van der Waals surface area contributed by atoms with Crippen LogP contribution >= 0.6 is 24.0 Å². The van der Waals surface area contributed by atoms with Crippen molar-refractivity contribution in [1.82, 2.24) is 14.3 Å². The fourth-order valence-corrected chi connectivity index (χ4v) is 4.45. The highest BCUT2D eigenvalue weighted by atomic mass is 32.2. The number of hydrogen-bond acceptors (Lipinski definition) is 7. The van der Waals surface area contributed by atoms with Gasteiger partial charge in [0.15, 0.2) is 0 Å². The van der Waals surface area contributed by atoms with Crippen molar-refractivity contribution < 1.29 is 9.90 Å². The Kier molecular flexibility index (Phi) is 7.27. The van der Waals surface area contributed by atoms with Crippen molar-refractivity contribution in [3.8, 4) is 0 Å². The highest BCUT2D eigenvalue weighted by molar-refractivity contribution is 8.26. The summed E-state index contributed by atoms with van der Waals surface area (Å²) < 4.78 is 1.98. The van der Waals surface area contributed by atoms with Gasteiger partial charge in [-0.3, -0.25) is 18.9 Å². The van der Waals surface area contributed by atoms with Crippen molar-refractivity contribution in [2.24, 2.45) is 0 Å². The first kappa shape index (κ1) is 22.5. The number of aliphatic hydroxyl groups is 1. The number of nitrogens with zero attached hydrogens (tertiary/aromatic N) is 3. The maximum absolute atomic E-state index is 13.3. The van der Waals surface area contributed by atoms with Crippen LogP contribution in [0.1, 0.15) is 44.2 Å². The Balaban J connectivity index is 2.13. The zero-order chi connectivity index (χ0) is 21.8. The van der Waals surface area contributed by atoms with E-state index in [2.05, 4.69) is 17.2 Å². The molecule has 30 heavy (non-hydrogen) atoms. The number of rotatable bonds is 8. The number of carbonyl (C=O) groups is 1. The zero-order valence-corrected chi connectivity index (χ0v) is 19.0. The molecule has 1 amide bonds. The summed E-state index contributed by atoms with van der Waals surface area (Å²) in [6.45, 7) is 6.35. The van der Waals surface area contributed by atoms with E-state index in [0.29, 0.717) is 33.7 Å². The molecule has 1 aliphatic heterocycles. The number of aliphatic hydroxyl groups excluding tert-OH is 1. The largest absolute Gasteiger partial charge is 0.394 e. The summed E-state index contributed by atoms with van der Waals surface area (Å²) in [5, 5.41) is 12.8. The third-order valence-electron chi connectivity index (χ3n) is 5.02. The van der Waals surface area contributed by atoms with Crippen molar-refractivity contribution in [3.05, 3.63) is 44.7 Å². The average molecular weight is 447 g/mol. The van der Waals surface area contributed by atoms with E-state index in [-0.39, 0.29) is 29.7 Å². The second kappa shape index (κ2) is 9.72. The van der Waals surface area contributed by atoms with Crippen LogP contribution in [0.5, 0.6) is 0 Å². The van der Waals surface area contributed by atoms with Crippen LogP contribution in [-0.2, 0) is 4.79 Å². The van der Waals surface area contributed by atoms with Crippen LogP contribution in [0.15, 0.2) is 28.0 Å². The van der Waals surface area contributed by atoms with Crippen molar-refractivity contribution in [3.63, 3.8) is 0 Å². The third kappa shape index (κ3) is 4.43. The molecule has 0 radical (unpaired) electrons.